The predicted octanol–water partition coefficient (Wildman–Crippen LogP) is 4.67. The highest BCUT2D eigenvalue weighted by atomic mass is 16.4. The molecule has 0 unspecified atom stereocenters. The SMILES string of the molecule is CCC(=O)CCCCC[C@H](NC(=O)[C@H]1CC12CCNCC2)c1ncc(-c2ccc3c(ccc(=O)n3C)c2)o1. The monoisotopic (exact) mass is 518 g/mol. The zero-order valence-electron chi connectivity index (χ0n) is 22.4. The van der Waals surface area contributed by atoms with Gasteiger partial charge in [-0.15, -0.1) is 0 Å². The van der Waals surface area contributed by atoms with Gasteiger partial charge in [0.05, 0.1) is 11.7 Å². The molecule has 1 aromatic carbocycles. The number of aryl methyl sites for hydroxylation is 1. The molecule has 2 fully saturated rings. The summed E-state index contributed by atoms with van der Waals surface area (Å²) < 4.78 is 7.85. The minimum absolute atomic E-state index is 0.0493. The van der Waals surface area contributed by atoms with Crippen molar-refractivity contribution >= 4 is 22.6 Å². The van der Waals surface area contributed by atoms with Crippen LogP contribution in [0.15, 0.2) is 45.7 Å². The average Bonchev–Trinajstić information content (AvgIpc) is 3.39. The zero-order chi connectivity index (χ0) is 26.7. The van der Waals surface area contributed by atoms with E-state index >= 15 is 0 Å². The van der Waals surface area contributed by atoms with Gasteiger partial charge in [0, 0.05) is 37.4 Å². The van der Waals surface area contributed by atoms with Crippen molar-refractivity contribution < 1.29 is 14.0 Å². The first-order chi connectivity index (χ1) is 18.4. The van der Waals surface area contributed by atoms with Crippen LogP contribution >= 0.6 is 0 Å². The third-order valence-corrected chi connectivity index (χ3v) is 8.50. The van der Waals surface area contributed by atoms with Gasteiger partial charge in [0.15, 0.2) is 5.76 Å². The van der Waals surface area contributed by atoms with E-state index in [0.29, 0.717) is 36.7 Å². The van der Waals surface area contributed by atoms with E-state index in [0.717, 1.165) is 68.1 Å². The summed E-state index contributed by atoms with van der Waals surface area (Å²) in [4.78, 5) is 41.5. The maximum atomic E-state index is 13.3. The minimum Gasteiger partial charge on any atom is -0.438 e. The molecule has 2 aliphatic rings. The molecule has 38 heavy (non-hydrogen) atoms. The second kappa shape index (κ2) is 11.2. The van der Waals surface area contributed by atoms with E-state index in [2.05, 4.69) is 15.6 Å². The lowest BCUT2D eigenvalue weighted by atomic mass is 9.91. The van der Waals surface area contributed by atoms with Crippen molar-refractivity contribution in [1.29, 1.82) is 0 Å². The number of fused-ring (bicyclic) bond motifs is 1. The van der Waals surface area contributed by atoms with Crippen LogP contribution in [-0.2, 0) is 16.6 Å². The standard InChI is InChI=1S/C30H38N4O4/c1-3-22(35)7-5-4-6-8-24(33-28(37)23-18-30(23)13-15-31-16-14-30)29-32-19-26(38-29)21-9-11-25-20(17-21)10-12-27(36)34(25)2/h9-12,17,19,23-24,31H,3-8,13-16,18H2,1-2H3,(H,33,37)/t23-,24+/m1/s1. The number of rotatable bonds is 11. The molecule has 1 spiro atoms. The van der Waals surface area contributed by atoms with Crippen LogP contribution in [0.25, 0.3) is 22.2 Å². The molecule has 0 radical (unpaired) electrons. The first-order valence-electron chi connectivity index (χ1n) is 14.0. The van der Waals surface area contributed by atoms with E-state index in [1.54, 1.807) is 23.9 Å². The molecular weight excluding hydrogens is 480 g/mol. The number of carbonyl (C=O) groups excluding carboxylic acids is 2. The van der Waals surface area contributed by atoms with E-state index in [-0.39, 0.29) is 28.8 Å². The number of amides is 1. The molecule has 1 saturated heterocycles. The van der Waals surface area contributed by atoms with Crippen molar-refractivity contribution in [3.8, 4) is 11.3 Å². The Morgan fingerprint density at radius 2 is 2.00 bits per heavy atom. The third kappa shape index (κ3) is 5.60. The van der Waals surface area contributed by atoms with Gasteiger partial charge in [0.1, 0.15) is 11.8 Å². The van der Waals surface area contributed by atoms with Gasteiger partial charge in [-0.1, -0.05) is 19.8 Å². The molecule has 2 N–H and O–H groups in total. The quantitative estimate of drug-likeness (QED) is 0.357. The van der Waals surface area contributed by atoms with Gasteiger partial charge < -0.3 is 19.6 Å². The summed E-state index contributed by atoms with van der Waals surface area (Å²) in [6, 6.07) is 8.90. The number of hydrogen-bond donors (Lipinski definition) is 2. The van der Waals surface area contributed by atoms with E-state index in [1.165, 1.54) is 0 Å². The first-order valence-corrected chi connectivity index (χ1v) is 14.0. The summed E-state index contributed by atoms with van der Waals surface area (Å²) >= 11 is 0. The number of aromatic nitrogens is 2. The number of benzene rings is 1. The Labute approximate surface area is 223 Å². The van der Waals surface area contributed by atoms with Gasteiger partial charge in [-0.3, -0.25) is 14.4 Å². The molecule has 3 aromatic rings. The molecule has 202 valence electrons. The van der Waals surface area contributed by atoms with Crippen LogP contribution in [0, 0.1) is 11.3 Å². The fourth-order valence-electron chi connectivity index (χ4n) is 5.87. The summed E-state index contributed by atoms with van der Waals surface area (Å²) in [7, 11) is 1.76. The highest BCUT2D eigenvalue weighted by molar-refractivity contribution is 5.84. The van der Waals surface area contributed by atoms with E-state index in [1.807, 2.05) is 31.2 Å². The van der Waals surface area contributed by atoms with E-state index in [4.69, 9.17) is 4.42 Å². The molecule has 2 atom stereocenters. The number of carbonyl (C=O) groups is 2. The summed E-state index contributed by atoms with van der Waals surface area (Å²) in [6.07, 6.45) is 9.36. The smallest absolute Gasteiger partial charge is 0.250 e. The number of unbranched alkanes of at least 4 members (excludes halogenated alkanes) is 2. The molecule has 2 aromatic heterocycles. The Morgan fingerprint density at radius 1 is 1.18 bits per heavy atom. The number of pyridine rings is 1. The molecule has 8 heteroatoms. The molecule has 5 rings (SSSR count). The second-order valence-electron chi connectivity index (χ2n) is 11.0. The molecule has 1 aliphatic heterocycles. The fourth-order valence-corrected chi connectivity index (χ4v) is 5.87. The van der Waals surface area contributed by atoms with Crippen molar-refractivity contribution in [3.05, 3.63) is 52.8 Å². The number of ketones is 1. The lowest BCUT2D eigenvalue weighted by Crippen LogP contribution is -2.35. The number of piperidine rings is 1. The number of hydrogen-bond acceptors (Lipinski definition) is 6. The summed E-state index contributed by atoms with van der Waals surface area (Å²) in [5, 5.41) is 7.60. The minimum atomic E-state index is -0.307. The van der Waals surface area contributed by atoms with Crippen molar-refractivity contribution in [1.82, 2.24) is 20.2 Å². The Hall–Kier alpha value is -3.26. The third-order valence-electron chi connectivity index (χ3n) is 8.50. The molecule has 1 saturated carbocycles. The summed E-state index contributed by atoms with van der Waals surface area (Å²) in [5.41, 5.74) is 1.83. The molecule has 0 bridgehead atoms. The Bertz CT molecular complexity index is 1370. The highest BCUT2D eigenvalue weighted by Crippen LogP contribution is 2.58. The summed E-state index contributed by atoms with van der Waals surface area (Å²) in [5.74, 6) is 1.60. The largest absolute Gasteiger partial charge is 0.438 e. The second-order valence-corrected chi connectivity index (χ2v) is 11.0. The predicted molar refractivity (Wildman–Crippen MR) is 147 cm³/mol. The number of nitrogens with zero attached hydrogens (tertiary/aromatic N) is 2. The van der Waals surface area contributed by atoms with Gasteiger partial charge in [-0.2, -0.15) is 0 Å². The lowest BCUT2D eigenvalue weighted by molar-refractivity contribution is -0.124. The van der Waals surface area contributed by atoms with Crippen LogP contribution in [0.3, 0.4) is 0 Å². The Kier molecular flexibility index (Phi) is 7.79. The summed E-state index contributed by atoms with van der Waals surface area (Å²) in [6.45, 7) is 3.86. The normalized spacial score (nSPS) is 18.9. The highest BCUT2D eigenvalue weighted by Gasteiger charge is 2.57. The van der Waals surface area contributed by atoms with Crippen molar-refractivity contribution in [2.45, 2.75) is 70.8 Å². The van der Waals surface area contributed by atoms with Gasteiger partial charge in [-0.05, 0) is 80.3 Å². The van der Waals surface area contributed by atoms with Crippen LogP contribution in [0.5, 0.6) is 0 Å². The molecule has 3 heterocycles. The maximum absolute atomic E-state index is 13.3. The van der Waals surface area contributed by atoms with Gasteiger partial charge in [0.2, 0.25) is 11.8 Å². The van der Waals surface area contributed by atoms with E-state index in [9.17, 15) is 14.4 Å². The van der Waals surface area contributed by atoms with Crippen molar-refractivity contribution in [2.75, 3.05) is 13.1 Å². The zero-order valence-corrected chi connectivity index (χ0v) is 22.4. The van der Waals surface area contributed by atoms with Crippen molar-refractivity contribution in [2.24, 2.45) is 18.4 Å². The average molecular weight is 519 g/mol. The van der Waals surface area contributed by atoms with Crippen molar-refractivity contribution in [3.63, 3.8) is 0 Å². The van der Waals surface area contributed by atoms with Crippen LogP contribution in [0.4, 0.5) is 0 Å². The Balaban J connectivity index is 1.31. The molecule has 1 aliphatic carbocycles. The molecular formula is C30H38N4O4. The molecule has 1 amide bonds. The lowest BCUT2D eigenvalue weighted by Gasteiger charge is -2.24. The topological polar surface area (TPSA) is 106 Å². The number of Topliss-reactive ketones (excluding diaryl/α,β-unsaturated/α-hetero) is 1. The van der Waals surface area contributed by atoms with Gasteiger partial charge in [-0.25, -0.2) is 4.98 Å². The number of nitrogens with one attached hydrogen (secondary N) is 2. The first kappa shape index (κ1) is 26.4. The van der Waals surface area contributed by atoms with Crippen LogP contribution < -0.4 is 16.2 Å². The fraction of sp³-hybridized carbons (Fsp3) is 0.533. The van der Waals surface area contributed by atoms with E-state index < -0.39 is 0 Å². The van der Waals surface area contributed by atoms with Crippen LogP contribution in [0.2, 0.25) is 0 Å². The van der Waals surface area contributed by atoms with Crippen LogP contribution in [0.1, 0.15) is 76.6 Å². The van der Waals surface area contributed by atoms with Gasteiger partial charge >= 0.3 is 0 Å². The Morgan fingerprint density at radius 3 is 2.79 bits per heavy atom. The molecule has 8 nitrogen and oxygen atoms in total. The van der Waals surface area contributed by atoms with Crippen LogP contribution in [-0.4, -0.2) is 34.3 Å². The maximum Gasteiger partial charge on any atom is 0.250 e. The van der Waals surface area contributed by atoms with Gasteiger partial charge in [0.25, 0.3) is 5.56 Å². The number of oxazole rings is 1.